The average molecular weight is 434 g/mol. The molecule has 2 aromatic rings. The van der Waals surface area contributed by atoms with Crippen molar-refractivity contribution in [1.29, 1.82) is 0 Å². The Hall–Kier alpha value is -2.39. The van der Waals surface area contributed by atoms with Gasteiger partial charge < -0.3 is 14.6 Å². The van der Waals surface area contributed by atoms with Crippen LogP contribution in [-0.2, 0) is 14.8 Å². The monoisotopic (exact) mass is 433 g/mol. The van der Waals surface area contributed by atoms with Gasteiger partial charge in [-0.3, -0.25) is 4.79 Å². The number of rotatable bonds is 8. The Balaban J connectivity index is 1.31. The Morgan fingerprint density at radius 2 is 2.03 bits per heavy atom. The standard InChI is InChI=1S/C21H27N3O5S/c1-13-9-21(23-29-13)28-12-20(25)22-17-5-7-18(8-6-17)30(26,27)24-14(2)19-11-15-3-4-16(19)10-15/h5-9,14-16,19,24H,3-4,10-12H2,1-2H3,(H,22,25)/t14-,15-,16-,19+/m0/s1. The van der Waals surface area contributed by atoms with E-state index in [9.17, 15) is 13.2 Å². The summed E-state index contributed by atoms with van der Waals surface area (Å²) in [7, 11) is -3.61. The Kier molecular flexibility index (Phi) is 5.84. The molecular weight excluding hydrogens is 406 g/mol. The third-order valence-corrected chi connectivity index (χ3v) is 7.76. The van der Waals surface area contributed by atoms with Crippen LogP contribution in [0.5, 0.6) is 5.88 Å². The number of benzene rings is 1. The van der Waals surface area contributed by atoms with E-state index in [2.05, 4.69) is 15.2 Å². The predicted octanol–water partition coefficient (Wildman–Crippen LogP) is 3.10. The molecule has 2 N–H and O–H groups in total. The van der Waals surface area contributed by atoms with Crippen LogP contribution in [0.25, 0.3) is 0 Å². The Bertz CT molecular complexity index is 1000. The van der Waals surface area contributed by atoms with E-state index in [1.54, 1.807) is 25.1 Å². The lowest BCUT2D eigenvalue weighted by molar-refractivity contribution is -0.118. The lowest BCUT2D eigenvalue weighted by atomic mass is 9.84. The van der Waals surface area contributed by atoms with E-state index in [0.717, 1.165) is 12.3 Å². The summed E-state index contributed by atoms with van der Waals surface area (Å²) in [5, 5.41) is 6.31. The topological polar surface area (TPSA) is 111 Å². The van der Waals surface area contributed by atoms with Gasteiger partial charge in [-0.1, -0.05) is 6.42 Å². The molecule has 8 nitrogen and oxygen atoms in total. The number of ether oxygens (including phenoxy) is 1. The SMILES string of the molecule is Cc1cc(OCC(=O)Nc2ccc(S(=O)(=O)N[C@@H](C)[C@H]3C[C@H]4CC[C@H]3C4)cc2)no1. The number of fused-ring (bicyclic) bond motifs is 2. The number of carbonyl (C=O) groups excluding carboxylic acids is 1. The van der Waals surface area contributed by atoms with Crippen molar-refractivity contribution >= 4 is 21.6 Å². The first-order valence-corrected chi connectivity index (χ1v) is 11.8. The number of nitrogens with zero attached hydrogens (tertiary/aromatic N) is 1. The van der Waals surface area contributed by atoms with Gasteiger partial charge in [-0.05, 0) is 80.3 Å². The molecule has 4 rings (SSSR count). The lowest BCUT2D eigenvalue weighted by Crippen LogP contribution is -2.40. The maximum absolute atomic E-state index is 12.8. The largest absolute Gasteiger partial charge is 0.465 e. The van der Waals surface area contributed by atoms with Crippen LogP contribution in [-0.4, -0.2) is 32.1 Å². The first-order valence-electron chi connectivity index (χ1n) is 10.3. The average Bonchev–Trinajstić information content (AvgIpc) is 3.43. The number of hydrogen-bond donors (Lipinski definition) is 2. The number of anilines is 1. The van der Waals surface area contributed by atoms with E-state index >= 15 is 0 Å². The quantitative estimate of drug-likeness (QED) is 0.662. The minimum Gasteiger partial charge on any atom is -0.465 e. The summed E-state index contributed by atoms with van der Waals surface area (Å²) in [5.74, 6) is 2.28. The smallest absolute Gasteiger partial charge is 0.262 e. The molecule has 30 heavy (non-hydrogen) atoms. The number of aromatic nitrogens is 1. The van der Waals surface area contributed by atoms with Gasteiger partial charge in [0.25, 0.3) is 11.8 Å². The summed E-state index contributed by atoms with van der Waals surface area (Å²) in [4.78, 5) is 12.2. The fraction of sp³-hybridized carbons (Fsp3) is 0.524. The fourth-order valence-corrected chi connectivity index (χ4v) is 6.07. The third kappa shape index (κ3) is 4.67. The van der Waals surface area contributed by atoms with Gasteiger partial charge in [-0.2, -0.15) is 0 Å². The second-order valence-corrected chi connectivity index (χ2v) is 10.1. The van der Waals surface area contributed by atoms with Crippen LogP contribution >= 0.6 is 0 Å². The molecule has 0 radical (unpaired) electrons. The van der Waals surface area contributed by atoms with Crippen molar-refractivity contribution < 1.29 is 22.5 Å². The van der Waals surface area contributed by atoms with Gasteiger partial charge in [0.1, 0.15) is 5.76 Å². The molecule has 0 saturated heterocycles. The van der Waals surface area contributed by atoms with E-state index < -0.39 is 10.0 Å². The van der Waals surface area contributed by atoms with Crippen molar-refractivity contribution in [2.75, 3.05) is 11.9 Å². The van der Waals surface area contributed by atoms with Crippen LogP contribution in [0.2, 0.25) is 0 Å². The van der Waals surface area contributed by atoms with E-state index in [0.29, 0.717) is 23.3 Å². The highest BCUT2D eigenvalue weighted by Crippen LogP contribution is 2.49. The van der Waals surface area contributed by atoms with Gasteiger partial charge >= 0.3 is 0 Å². The van der Waals surface area contributed by atoms with Crippen molar-refractivity contribution in [3.05, 3.63) is 36.1 Å². The summed E-state index contributed by atoms with van der Waals surface area (Å²) < 4.78 is 38.5. The highest BCUT2D eigenvalue weighted by Gasteiger charge is 2.42. The van der Waals surface area contributed by atoms with Crippen molar-refractivity contribution in [1.82, 2.24) is 9.88 Å². The van der Waals surface area contributed by atoms with Crippen molar-refractivity contribution in [2.24, 2.45) is 17.8 Å². The number of aryl methyl sites for hydroxylation is 1. The molecule has 2 fully saturated rings. The third-order valence-electron chi connectivity index (χ3n) is 6.18. The molecule has 2 aliphatic rings. The Morgan fingerprint density at radius 3 is 2.63 bits per heavy atom. The molecule has 1 aromatic carbocycles. The zero-order valence-corrected chi connectivity index (χ0v) is 17.9. The van der Waals surface area contributed by atoms with Crippen LogP contribution in [0.1, 0.15) is 38.4 Å². The summed E-state index contributed by atoms with van der Waals surface area (Å²) >= 11 is 0. The summed E-state index contributed by atoms with van der Waals surface area (Å²) in [5.41, 5.74) is 0.486. The number of amides is 1. The summed E-state index contributed by atoms with van der Waals surface area (Å²) in [6.07, 6.45) is 4.87. The molecule has 4 atom stereocenters. The number of sulfonamides is 1. The van der Waals surface area contributed by atoms with Crippen molar-refractivity contribution in [2.45, 2.75) is 50.5 Å². The molecule has 2 aliphatic carbocycles. The number of carbonyl (C=O) groups is 1. The number of hydrogen-bond acceptors (Lipinski definition) is 6. The zero-order chi connectivity index (χ0) is 21.3. The van der Waals surface area contributed by atoms with Gasteiger partial charge in [-0.25, -0.2) is 13.1 Å². The van der Waals surface area contributed by atoms with E-state index in [-0.39, 0.29) is 29.3 Å². The maximum atomic E-state index is 12.8. The second-order valence-electron chi connectivity index (χ2n) is 8.39. The maximum Gasteiger partial charge on any atom is 0.262 e. The van der Waals surface area contributed by atoms with Gasteiger partial charge in [-0.15, -0.1) is 0 Å². The predicted molar refractivity (Wildman–Crippen MR) is 111 cm³/mol. The van der Waals surface area contributed by atoms with Crippen LogP contribution in [0.4, 0.5) is 5.69 Å². The van der Waals surface area contributed by atoms with E-state index in [1.807, 2.05) is 6.92 Å². The van der Waals surface area contributed by atoms with Crippen molar-refractivity contribution in [3.8, 4) is 5.88 Å². The molecule has 9 heteroatoms. The van der Waals surface area contributed by atoms with Crippen LogP contribution in [0.3, 0.4) is 0 Å². The molecule has 2 saturated carbocycles. The highest BCUT2D eigenvalue weighted by molar-refractivity contribution is 7.89. The van der Waals surface area contributed by atoms with Gasteiger partial charge in [0, 0.05) is 17.8 Å². The molecule has 1 aromatic heterocycles. The van der Waals surface area contributed by atoms with Crippen LogP contribution in [0, 0.1) is 24.7 Å². The minimum absolute atomic E-state index is 0.0815. The highest BCUT2D eigenvalue weighted by atomic mass is 32.2. The molecular formula is C21H27N3O5S. The van der Waals surface area contributed by atoms with E-state index in [1.165, 1.54) is 31.4 Å². The molecule has 0 aliphatic heterocycles. The first kappa shape index (κ1) is 20.9. The molecule has 0 spiro atoms. The van der Waals surface area contributed by atoms with Gasteiger partial charge in [0.15, 0.2) is 6.61 Å². The molecule has 162 valence electrons. The molecule has 0 unspecified atom stereocenters. The Morgan fingerprint density at radius 1 is 1.27 bits per heavy atom. The van der Waals surface area contributed by atoms with Gasteiger partial charge in [0.2, 0.25) is 10.0 Å². The second kappa shape index (κ2) is 8.39. The van der Waals surface area contributed by atoms with Crippen LogP contribution in [0.15, 0.2) is 39.8 Å². The lowest BCUT2D eigenvalue weighted by Gasteiger charge is -2.28. The summed E-state index contributed by atoms with van der Waals surface area (Å²) in [6.45, 7) is 3.46. The Labute approximate surface area is 176 Å². The normalized spacial score (nSPS) is 24.0. The van der Waals surface area contributed by atoms with E-state index in [4.69, 9.17) is 9.26 Å². The summed E-state index contributed by atoms with van der Waals surface area (Å²) in [6, 6.07) is 7.62. The molecule has 1 amide bonds. The molecule has 2 bridgehead atoms. The number of nitrogens with one attached hydrogen (secondary N) is 2. The minimum atomic E-state index is -3.61. The van der Waals surface area contributed by atoms with Crippen molar-refractivity contribution in [3.63, 3.8) is 0 Å². The zero-order valence-electron chi connectivity index (χ0n) is 17.1. The fourth-order valence-electron chi connectivity index (χ4n) is 4.77. The van der Waals surface area contributed by atoms with Crippen LogP contribution < -0.4 is 14.8 Å². The molecule has 1 heterocycles. The van der Waals surface area contributed by atoms with Gasteiger partial charge in [0.05, 0.1) is 4.90 Å². The first-order chi connectivity index (χ1) is 14.3.